The number of imidazole rings is 1. The van der Waals surface area contributed by atoms with Gasteiger partial charge in [0.2, 0.25) is 5.91 Å². The first-order chi connectivity index (χ1) is 11.0. The maximum absolute atomic E-state index is 12.3. The van der Waals surface area contributed by atoms with Crippen LogP contribution in [0.25, 0.3) is 5.65 Å². The molecular formula is C17H16N4O2. The predicted octanol–water partition coefficient (Wildman–Crippen LogP) is 2.85. The normalized spacial score (nSPS) is 10.5. The van der Waals surface area contributed by atoms with Crippen LogP contribution < -0.4 is 10.6 Å². The third kappa shape index (κ3) is 3.37. The molecule has 6 heteroatoms. The number of aromatic nitrogens is 2. The van der Waals surface area contributed by atoms with E-state index in [9.17, 15) is 9.59 Å². The molecule has 0 aliphatic carbocycles. The highest BCUT2D eigenvalue weighted by molar-refractivity contribution is 6.04. The number of fused-ring (bicyclic) bond motifs is 1. The number of carbonyl (C=O) groups is 2. The Morgan fingerprint density at radius 3 is 2.35 bits per heavy atom. The Labute approximate surface area is 133 Å². The van der Waals surface area contributed by atoms with Crippen LogP contribution in [0.2, 0.25) is 0 Å². The molecule has 0 saturated carbocycles. The lowest BCUT2D eigenvalue weighted by atomic mass is 10.2. The van der Waals surface area contributed by atoms with Gasteiger partial charge in [0.05, 0.1) is 5.69 Å². The number of nitrogens with zero attached hydrogens (tertiary/aromatic N) is 2. The molecule has 0 bridgehead atoms. The summed E-state index contributed by atoms with van der Waals surface area (Å²) in [4.78, 5) is 27.6. The van der Waals surface area contributed by atoms with Crippen molar-refractivity contribution < 1.29 is 9.59 Å². The van der Waals surface area contributed by atoms with E-state index in [1.165, 1.54) is 6.92 Å². The van der Waals surface area contributed by atoms with Gasteiger partial charge in [0, 0.05) is 36.3 Å². The first-order valence-electron chi connectivity index (χ1n) is 7.15. The fraction of sp³-hybridized carbons (Fsp3) is 0.118. The fourth-order valence-corrected chi connectivity index (χ4v) is 2.29. The van der Waals surface area contributed by atoms with E-state index in [0.717, 1.165) is 11.3 Å². The van der Waals surface area contributed by atoms with Gasteiger partial charge >= 0.3 is 0 Å². The zero-order valence-corrected chi connectivity index (χ0v) is 12.8. The zero-order valence-electron chi connectivity index (χ0n) is 12.8. The van der Waals surface area contributed by atoms with E-state index in [-0.39, 0.29) is 11.8 Å². The highest BCUT2D eigenvalue weighted by atomic mass is 16.2. The number of rotatable bonds is 3. The molecule has 2 aromatic heterocycles. The third-order valence-corrected chi connectivity index (χ3v) is 3.31. The molecule has 6 nitrogen and oxygen atoms in total. The first kappa shape index (κ1) is 14.8. The average molecular weight is 308 g/mol. The summed E-state index contributed by atoms with van der Waals surface area (Å²) in [5, 5.41) is 5.50. The van der Waals surface area contributed by atoms with E-state index in [0.29, 0.717) is 16.9 Å². The van der Waals surface area contributed by atoms with Crippen LogP contribution in [0.5, 0.6) is 0 Å². The van der Waals surface area contributed by atoms with Crippen LogP contribution in [0.4, 0.5) is 11.4 Å². The molecule has 0 fully saturated rings. The standard InChI is InChI=1S/C17H16N4O2/c1-11-10-21-8-7-13(9-16(21)18-11)17(23)20-15-5-3-14(4-6-15)19-12(2)22/h3-10H,1-2H3,(H,19,22)(H,20,23). The lowest BCUT2D eigenvalue weighted by molar-refractivity contribution is -0.114. The number of hydrogen-bond donors (Lipinski definition) is 2. The van der Waals surface area contributed by atoms with Gasteiger partial charge in [-0.25, -0.2) is 4.98 Å². The van der Waals surface area contributed by atoms with Crippen LogP contribution in [-0.4, -0.2) is 21.2 Å². The Bertz CT molecular complexity index is 881. The molecule has 3 rings (SSSR count). The van der Waals surface area contributed by atoms with Gasteiger partial charge in [-0.2, -0.15) is 0 Å². The van der Waals surface area contributed by atoms with Gasteiger partial charge < -0.3 is 15.0 Å². The van der Waals surface area contributed by atoms with Gasteiger partial charge in [-0.1, -0.05) is 0 Å². The SMILES string of the molecule is CC(=O)Nc1ccc(NC(=O)c2ccn3cc(C)nc3c2)cc1. The van der Waals surface area contributed by atoms with Crippen molar-refractivity contribution in [2.24, 2.45) is 0 Å². The molecule has 1 aromatic carbocycles. The number of hydrogen-bond acceptors (Lipinski definition) is 3. The van der Waals surface area contributed by atoms with Crippen LogP contribution >= 0.6 is 0 Å². The summed E-state index contributed by atoms with van der Waals surface area (Å²) in [7, 11) is 0. The van der Waals surface area contributed by atoms with Gasteiger partial charge in [0.25, 0.3) is 5.91 Å². The summed E-state index contributed by atoms with van der Waals surface area (Å²) in [5.41, 5.74) is 3.51. The molecule has 0 aliphatic heterocycles. The van der Waals surface area contributed by atoms with E-state index in [1.807, 2.05) is 23.7 Å². The predicted molar refractivity (Wildman–Crippen MR) is 88.6 cm³/mol. The monoisotopic (exact) mass is 308 g/mol. The fourth-order valence-electron chi connectivity index (χ4n) is 2.29. The molecule has 0 aliphatic rings. The van der Waals surface area contributed by atoms with E-state index in [2.05, 4.69) is 15.6 Å². The number of pyridine rings is 1. The minimum Gasteiger partial charge on any atom is -0.326 e. The Balaban J connectivity index is 1.75. The highest BCUT2D eigenvalue weighted by Gasteiger charge is 2.08. The summed E-state index contributed by atoms with van der Waals surface area (Å²) in [6.07, 6.45) is 3.71. The summed E-state index contributed by atoms with van der Waals surface area (Å²) in [6.45, 7) is 3.35. The summed E-state index contributed by atoms with van der Waals surface area (Å²) < 4.78 is 1.87. The molecule has 116 valence electrons. The molecule has 2 heterocycles. The van der Waals surface area contributed by atoms with Crippen molar-refractivity contribution in [1.29, 1.82) is 0 Å². The summed E-state index contributed by atoms with van der Waals surface area (Å²) in [6, 6.07) is 10.4. The minimum absolute atomic E-state index is 0.134. The van der Waals surface area contributed by atoms with Crippen molar-refractivity contribution in [3.05, 3.63) is 60.0 Å². The number of aryl methyl sites for hydroxylation is 1. The van der Waals surface area contributed by atoms with Crippen LogP contribution in [0.15, 0.2) is 48.8 Å². The maximum atomic E-state index is 12.3. The molecule has 2 amide bonds. The molecule has 23 heavy (non-hydrogen) atoms. The van der Waals surface area contributed by atoms with Crippen molar-refractivity contribution in [1.82, 2.24) is 9.38 Å². The van der Waals surface area contributed by atoms with E-state index in [4.69, 9.17) is 0 Å². The van der Waals surface area contributed by atoms with Gasteiger partial charge in [-0.15, -0.1) is 0 Å². The van der Waals surface area contributed by atoms with E-state index >= 15 is 0 Å². The van der Waals surface area contributed by atoms with Crippen LogP contribution in [0.3, 0.4) is 0 Å². The average Bonchev–Trinajstić information content (AvgIpc) is 2.87. The second-order valence-electron chi connectivity index (χ2n) is 5.28. The number of carbonyl (C=O) groups excluding carboxylic acids is 2. The number of nitrogens with one attached hydrogen (secondary N) is 2. The number of amides is 2. The van der Waals surface area contributed by atoms with Crippen molar-refractivity contribution in [3.8, 4) is 0 Å². The Kier molecular flexibility index (Phi) is 3.80. The second kappa shape index (κ2) is 5.92. The van der Waals surface area contributed by atoms with Gasteiger partial charge in [-0.05, 0) is 43.3 Å². The molecular weight excluding hydrogens is 292 g/mol. The molecule has 0 atom stereocenters. The molecule has 0 unspecified atom stereocenters. The van der Waals surface area contributed by atoms with E-state index < -0.39 is 0 Å². The van der Waals surface area contributed by atoms with Gasteiger partial charge in [-0.3, -0.25) is 9.59 Å². The second-order valence-corrected chi connectivity index (χ2v) is 5.28. The molecule has 3 aromatic rings. The quantitative estimate of drug-likeness (QED) is 0.781. The maximum Gasteiger partial charge on any atom is 0.255 e. The number of anilines is 2. The smallest absolute Gasteiger partial charge is 0.255 e. The lowest BCUT2D eigenvalue weighted by Crippen LogP contribution is -2.12. The summed E-state index contributed by atoms with van der Waals surface area (Å²) >= 11 is 0. The Morgan fingerprint density at radius 2 is 1.70 bits per heavy atom. The Morgan fingerprint density at radius 1 is 1.04 bits per heavy atom. The molecule has 0 spiro atoms. The molecule has 0 saturated heterocycles. The zero-order chi connectivity index (χ0) is 16.4. The largest absolute Gasteiger partial charge is 0.326 e. The van der Waals surface area contributed by atoms with E-state index in [1.54, 1.807) is 36.4 Å². The van der Waals surface area contributed by atoms with Crippen LogP contribution in [-0.2, 0) is 4.79 Å². The highest BCUT2D eigenvalue weighted by Crippen LogP contribution is 2.15. The van der Waals surface area contributed by atoms with Crippen molar-refractivity contribution in [2.45, 2.75) is 13.8 Å². The van der Waals surface area contributed by atoms with Crippen molar-refractivity contribution in [3.63, 3.8) is 0 Å². The number of benzene rings is 1. The minimum atomic E-state index is -0.208. The van der Waals surface area contributed by atoms with Crippen LogP contribution in [0.1, 0.15) is 23.0 Å². The topological polar surface area (TPSA) is 75.5 Å². The van der Waals surface area contributed by atoms with Crippen LogP contribution in [0, 0.1) is 6.92 Å². The first-order valence-corrected chi connectivity index (χ1v) is 7.15. The summed E-state index contributed by atoms with van der Waals surface area (Å²) in [5.74, 6) is -0.342. The molecule has 0 radical (unpaired) electrons. The lowest BCUT2D eigenvalue weighted by Gasteiger charge is -2.07. The van der Waals surface area contributed by atoms with Crippen molar-refractivity contribution >= 4 is 28.8 Å². The Hall–Kier alpha value is -3.15. The van der Waals surface area contributed by atoms with Gasteiger partial charge in [0.1, 0.15) is 5.65 Å². The third-order valence-electron chi connectivity index (χ3n) is 3.31. The van der Waals surface area contributed by atoms with Crippen molar-refractivity contribution in [2.75, 3.05) is 10.6 Å². The van der Waals surface area contributed by atoms with Gasteiger partial charge in [0.15, 0.2) is 0 Å². The molecule has 2 N–H and O–H groups in total.